The number of thiophene rings is 1. The summed E-state index contributed by atoms with van der Waals surface area (Å²) in [7, 11) is 0. The highest BCUT2D eigenvalue weighted by atomic mass is 32.1. The summed E-state index contributed by atoms with van der Waals surface area (Å²) >= 11 is 1.70. The Labute approximate surface area is 103 Å². The number of pyridine rings is 1. The lowest BCUT2D eigenvalue weighted by atomic mass is 10.3. The van der Waals surface area contributed by atoms with E-state index in [1.54, 1.807) is 15.9 Å². The monoisotopic (exact) mass is 244 g/mol. The summed E-state index contributed by atoms with van der Waals surface area (Å²) in [6.07, 6.45) is 1.97. The molecule has 3 rings (SSSR count). The van der Waals surface area contributed by atoms with Crippen LogP contribution in [0.15, 0.2) is 35.2 Å². The largest absolute Gasteiger partial charge is 0.349 e. The summed E-state index contributed by atoms with van der Waals surface area (Å²) in [6, 6.07) is 6.10. The highest BCUT2D eigenvalue weighted by molar-refractivity contribution is 7.07. The van der Waals surface area contributed by atoms with E-state index in [1.165, 1.54) is 11.1 Å². The van der Waals surface area contributed by atoms with Gasteiger partial charge in [0.1, 0.15) is 0 Å². The molecule has 0 spiro atoms. The van der Waals surface area contributed by atoms with Crippen LogP contribution in [0.3, 0.4) is 0 Å². The molecule has 0 aliphatic carbocycles. The zero-order valence-corrected chi connectivity index (χ0v) is 10.2. The first kappa shape index (κ1) is 10.3. The second-order valence-corrected chi connectivity index (χ2v) is 4.71. The van der Waals surface area contributed by atoms with Crippen LogP contribution in [0.4, 0.5) is 5.95 Å². The van der Waals surface area contributed by atoms with Crippen LogP contribution in [0, 0.1) is 6.92 Å². The smallest absolute Gasteiger partial charge is 0.243 e. The molecule has 3 heterocycles. The molecule has 0 saturated heterocycles. The van der Waals surface area contributed by atoms with Gasteiger partial charge in [-0.3, -0.25) is 0 Å². The Morgan fingerprint density at radius 3 is 3.12 bits per heavy atom. The standard InChI is InChI=1S/C12H12N4S/c1-9-2-3-11-14-12(15-16(11)7-9)13-6-10-4-5-17-8-10/h2-5,7-8H,6H2,1H3,(H,13,15). The van der Waals surface area contributed by atoms with E-state index >= 15 is 0 Å². The molecule has 5 heteroatoms. The Kier molecular flexibility index (Phi) is 2.53. The number of hydrogen-bond acceptors (Lipinski definition) is 4. The second-order valence-electron chi connectivity index (χ2n) is 3.93. The maximum atomic E-state index is 4.40. The molecule has 0 atom stereocenters. The van der Waals surface area contributed by atoms with Crippen molar-refractivity contribution in [3.8, 4) is 0 Å². The van der Waals surface area contributed by atoms with Crippen molar-refractivity contribution in [3.05, 3.63) is 46.3 Å². The molecular weight excluding hydrogens is 232 g/mol. The van der Waals surface area contributed by atoms with Crippen LogP contribution in [0.5, 0.6) is 0 Å². The fraction of sp³-hybridized carbons (Fsp3) is 0.167. The molecule has 0 fully saturated rings. The molecule has 0 amide bonds. The van der Waals surface area contributed by atoms with Crippen molar-refractivity contribution in [2.45, 2.75) is 13.5 Å². The maximum absolute atomic E-state index is 4.40. The molecule has 0 saturated carbocycles. The van der Waals surface area contributed by atoms with E-state index < -0.39 is 0 Å². The van der Waals surface area contributed by atoms with E-state index in [0.29, 0.717) is 5.95 Å². The minimum atomic E-state index is 0.668. The SMILES string of the molecule is Cc1ccc2nc(NCc3ccsc3)nn2c1. The van der Waals surface area contributed by atoms with Gasteiger partial charge in [-0.1, -0.05) is 6.07 Å². The zero-order chi connectivity index (χ0) is 11.7. The van der Waals surface area contributed by atoms with Gasteiger partial charge in [-0.25, -0.2) is 4.52 Å². The number of hydrogen-bond donors (Lipinski definition) is 1. The van der Waals surface area contributed by atoms with Crippen LogP contribution in [0.2, 0.25) is 0 Å². The minimum absolute atomic E-state index is 0.668. The van der Waals surface area contributed by atoms with Crippen LogP contribution < -0.4 is 5.32 Å². The number of rotatable bonds is 3. The van der Waals surface area contributed by atoms with Gasteiger partial charge in [-0.2, -0.15) is 16.3 Å². The number of aromatic nitrogens is 3. The quantitative estimate of drug-likeness (QED) is 0.770. The Morgan fingerprint density at radius 1 is 1.35 bits per heavy atom. The highest BCUT2D eigenvalue weighted by Gasteiger charge is 2.02. The van der Waals surface area contributed by atoms with Crippen molar-refractivity contribution in [2.24, 2.45) is 0 Å². The lowest BCUT2D eigenvalue weighted by Crippen LogP contribution is -1.99. The van der Waals surface area contributed by atoms with Crippen molar-refractivity contribution < 1.29 is 0 Å². The minimum Gasteiger partial charge on any atom is -0.349 e. The fourth-order valence-electron chi connectivity index (χ4n) is 1.64. The van der Waals surface area contributed by atoms with Gasteiger partial charge in [-0.15, -0.1) is 5.10 Å². The first-order valence-electron chi connectivity index (χ1n) is 5.39. The molecule has 3 aromatic heterocycles. The van der Waals surface area contributed by atoms with Crippen LogP contribution in [-0.2, 0) is 6.54 Å². The molecule has 3 aromatic rings. The van der Waals surface area contributed by atoms with Crippen molar-refractivity contribution in [2.75, 3.05) is 5.32 Å². The second kappa shape index (κ2) is 4.18. The first-order chi connectivity index (χ1) is 8.31. The summed E-state index contributed by atoms with van der Waals surface area (Å²) in [4.78, 5) is 4.40. The molecule has 0 bridgehead atoms. The molecule has 86 valence electrons. The Bertz CT molecular complexity index is 627. The fourth-order valence-corrected chi connectivity index (χ4v) is 2.30. The van der Waals surface area contributed by atoms with Gasteiger partial charge in [0.25, 0.3) is 0 Å². The van der Waals surface area contributed by atoms with Crippen LogP contribution in [0.25, 0.3) is 5.65 Å². The Balaban J connectivity index is 1.81. The van der Waals surface area contributed by atoms with Crippen LogP contribution in [-0.4, -0.2) is 14.6 Å². The summed E-state index contributed by atoms with van der Waals surface area (Å²) in [5.41, 5.74) is 3.29. The van der Waals surface area contributed by atoms with Gasteiger partial charge in [0.2, 0.25) is 5.95 Å². The van der Waals surface area contributed by atoms with E-state index in [9.17, 15) is 0 Å². The third-order valence-electron chi connectivity index (χ3n) is 2.51. The van der Waals surface area contributed by atoms with Crippen molar-refractivity contribution in [3.63, 3.8) is 0 Å². The molecule has 17 heavy (non-hydrogen) atoms. The number of anilines is 1. The van der Waals surface area contributed by atoms with Gasteiger partial charge in [0, 0.05) is 12.7 Å². The number of nitrogens with one attached hydrogen (secondary N) is 1. The van der Waals surface area contributed by atoms with Gasteiger partial charge in [-0.05, 0) is 40.9 Å². The molecule has 0 unspecified atom stereocenters. The Morgan fingerprint density at radius 2 is 2.29 bits per heavy atom. The lowest BCUT2D eigenvalue weighted by Gasteiger charge is -1.97. The van der Waals surface area contributed by atoms with E-state index in [4.69, 9.17) is 0 Å². The molecule has 0 aromatic carbocycles. The number of nitrogens with zero attached hydrogens (tertiary/aromatic N) is 3. The summed E-state index contributed by atoms with van der Waals surface area (Å²) in [5.74, 6) is 0.668. The normalized spacial score (nSPS) is 10.9. The Hall–Kier alpha value is -1.88. The lowest BCUT2D eigenvalue weighted by molar-refractivity contribution is 0.943. The summed E-state index contributed by atoms with van der Waals surface area (Å²) < 4.78 is 1.80. The van der Waals surface area contributed by atoms with Crippen LogP contribution >= 0.6 is 11.3 Å². The molecule has 1 N–H and O–H groups in total. The van der Waals surface area contributed by atoms with Gasteiger partial charge >= 0.3 is 0 Å². The van der Waals surface area contributed by atoms with E-state index in [2.05, 4.69) is 32.2 Å². The van der Waals surface area contributed by atoms with Crippen LogP contribution in [0.1, 0.15) is 11.1 Å². The van der Waals surface area contributed by atoms with E-state index in [-0.39, 0.29) is 0 Å². The zero-order valence-electron chi connectivity index (χ0n) is 9.42. The van der Waals surface area contributed by atoms with E-state index in [0.717, 1.165) is 12.2 Å². The van der Waals surface area contributed by atoms with E-state index in [1.807, 2.05) is 25.3 Å². The maximum Gasteiger partial charge on any atom is 0.243 e. The topological polar surface area (TPSA) is 42.2 Å². The number of fused-ring (bicyclic) bond motifs is 1. The molecule has 0 aliphatic heterocycles. The van der Waals surface area contributed by atoms with Crippen molar-refractivity contribution in [1.29, 1.82) is 0 Å². The average Bonchev–Trinajstić information content (AvgIpc) is 2.94. The van der Waals surface area contributed by atoms with Crippen molar-refractivity contribution in [1.82, 2.24) is 14.6 Å². The first-order valence-corrected chi connectivity index (χ1v) is 6.33. The summed E-state index contributed by atoms with van der Waals surface area (Å²) in [5, 5.41) is 11.8. The van der Waals surface area contributed by atoms with Crippen molar-refractivity contribution >= 4 is 22.9 Å². The molecule has 0 radical (unpaired) electrons. The predicted octanol–water partition coefficient (Wildman–Crippen LogP) is 2.71. The molecular formula is C12H12N4S. The average molecular weight is 244 g/mol. The molecule has 0 aliphatic rings. The van der Waals surface area contributed by atoms with Gasteiger partial charge in [0.15, 0.2) is 5.65 Å². The highest BCUT2D eigenvalue weighted by Crippen LogP contribution is 2.10. The van der Waals surface area contributed by atoms with Gasteiger partial charge < -0.3 is 5.32 Å². The third-order valence-corrected chi connectivity index (χ3v) is 3.24. The number of aryl methyl sites for hydroxylation is 1. The van der Waals surface area contributed by atoms with Gasteiger partial charge in [0.05, 0.1) is 0 Å². The molecule has 4 nitrogen and oxygen atoms in total. The summed E-state index contributed by atoms with van der Waals surface area (Å²) in [6.45, 7) is 2.80. The third kappa shape index (κ3) is 2.14. The predicted molar refractivity (Wildman–Crippen MR) is 69.4 cm³/mol.